The molecule has 0 saturated heterocycles. The first-order chi connectivity index (χ1) is 9.53. The van der Waals surface area contributed by atoms with E-state index < -0.39 is 0 Å². The molecule has 1 atom stereocenters. The van der Waals surface area contributed by atoms with E-state index in [-0.39, 0.29) is 0 Å². The van der Waals surface area contributed by atoms with Gasteiger partial charge in [-0.1, -0.05) is 34.6 Å². The van der Waals surface area contributed by atoms with Gasteiger partial charge >= 0.3 is 0 Å². The topological polar surface area (TPSA) is 49.8 Å². The van der Waals surface area contributed by atoms with Gasteiger partial charge in [0.15, 0.2) is 0 Å². The van der Waals surface area contributed by atoms with E-state index in [1.807, 2.05) is 0 Å². The maximum absolute atomic E-state index is 4.67. The first-order valence-electron chi connectivity index (χ1n) is 7.91. The molecule has 0 aliphatic rings. The molecule has 0 aromatic carbocycles. The van der Waals surface area contributed by atoms with Gasteiger partial charge in [-0.25, -0.2) is 9.97 Å². The van der Waals surface area contributed by atoms with Crippen molar-refractivity contribution in [1.29, 1.82) is 0 Å². The van der Waals surface area contributed by atoms with Crippen molar-refractivity contribution >= 4 is 11.6 Å². The van der Waals surface area contributed by atoms with Crippen molar-refractivity contribution in [3.8, 4) is 0 Å². The quantitative estimate of drug-likeness (QED) is 0.754. The fourth-order valence-electron chi connectivity index (χ4n) is 2.19. The summed E-state index contributed by atoms with van der Waals surface area (Å²) in [4.78, 5) is 9.27. The molecule has 0 spiro atoms. The Hall–Kier alpha value is -1.32. The molecule has 0 aliphatic carbocycles. The monoisotopic (exact) mass is 278 g/mol. The number of aromatic nitrogens is 2. The highest BCUT2D eigenvalue weighted by atomic mass is 15.1. The second-order valence-electron chi connectivity index (χ2n) is 5.65. The van der Waals surface area contributed by atoms with Crippen LogP contribution < -0.4 is 10.6 Å². The summed E-state index contributed by atoms with van der Waals surface area (Å²) in [7, 11) is 0. The molecule has 1 heterocycles. The van der Waals surface area contributed by atoms with Gasteiger partial charge in [-0.3, -0.25) is 0 Å². The summed E-state index contributed by atoms with van der Waals surface area (Å²) in [6.45, 7) is 14.0. The predicted octanol–water partition coefficient (Wildman–Crippen LogP) is 4.02. The molecule has 0 radical (unpaired) electrons. The number of anilines is 2. The number of nitrogens with zero attached hydrogens (tertiary/aromatic N) is 2. The summed E-state index contributed by atoms with van der Waals surface area (Å²) in [5.74, 6) is 3.44. The van der Waals surface area contributed by atoms with Crippen LogP contribution in [0, 0.1) is 12.8 Å². The van der Waals surface area contributed by atoms with Crippen molar-refractivity contribution in [2.75, 3.05) is 17.2 Å². The minimum atomic E-state index is 0.451. The Balaban J connectivity index is 3.04. The lowest BCUT2D eigenvalue weighted by molar-refractivity contribution is 0.509. The third kappa shape index (κ3) is 4.36. The Morgan fingerprint density at radius 2 is 1.70 bits per heavy atom. The van der Waals surface area contributed by atoms with Crippen LogP contribution in [0.2, 0.25) is 0 Å². The van der Waals surface area contributed by atoms with Crippen LogP contribution in [0.3, 0.4) is 0 Å². The van der Waals surface area contributed by atoms with E-state index in [0.29, 0.717) is 12.0 Å². The van der Waals surface area contributed by atoms with Gasteiger partial charge < -0.3 is 10.6 Å². The normalized spacial score (nSPS) is 12.6. The van der Waals surface area contributed by atoms with E-state index in [0.717, 1.165) is 48.8 Å². The minimum absolute atomic E-state index is 0.451. The molecular formula is C16H30N4. The Bertz CT molecular complexity index is 415. The number of nitrogens with one attached hydrogen (secondary N) is 2. The molecule has 4 nitrogen and oxygen atoms in total. The summed E-state index contributed by atoms with van der Waals surface area (Å²) in [6.07, 6.45) is 3.05. The third-order valence-electron chi connectivity index (χ3n) is 3.62. The van der Waals surface area contributed by atoms with E-state index in [4.69, 9.17) is 0 Å². The van der Waals surface area contributed by atoms with Gasteiger partial charge in [0.05, 0.1) is 0 Å². The number of rotatable bonds is 8. The van der Waals surface area contributed by atoms with Gasteiger partial charge in [0.1, 0.15) is 17.5 Å². The Morgan fingerprint density at radius 3 is 2.20 bits per heavy atom. The molecule has 0 bridgehead atoms. The lowest BCUT2D eigenvalue weighted by Crippen LogP contribution is -2.26. The van der Waals surface area contributed by atoms with Crippen LogP contribution in [-0.4, -0.2) is 22.6 Å². The van der Waals surface area contributed by atoms with E-state index >= 15 is 0 Å². The van der Waals surface area contributed by atoms with Crippen LogP contribution in [0.4, 0.5) is 11.6 Å². The highest BCUT2D eigenvalue weighted by Gasteiger charge is 2.15. The first kappa shape index (κ1) is 16.7. The van der Waals surface area contributed by atoms with Gasteiger partial charge in [0, 0.05) is 24.6 Å². The van der Waals surface area contributed by atoms with E-state index in [2.05, 4.69) is 62.1 Å². The lowest BCUT2D eigenvalue weighted by Gasteiger charge is -2.23. The standard InChI is InChI=1S/C16H30N4/c1-7-10-17-15-12(6)16(20-14(9-3)19-15)18-13(8-2)11(4)5/h11,13H,7-10H2,1-6H3,(H2,17,18,19,20). The second-order valence-corrected chi connectivity index (χ2v) is 5.65. The summed E-state index contributed by atoms with van der Waals surface area (Å²) in [5, 5.41) is 7.00. The largest absolute Gasteiger partial charge is 0.370 e. The average molecular weight is 278 g/mol. The van der Waals surface area contributed by atoms with Crippen molar-refractivity contribution in [2.24, 2.45) is 5.92 Å². The summed E-state index contributed by atoms with van der Waals surface area (Å²) >= 11 is 0. The van der Waals surface area contributed by atoms with Crippen LogP contribution in [-0.2, 0) is 6.42 Å². The van der Waals surface area contributed by atoms with Crippen molar-refractivity contribution in [3.63, 3.8) is 0 Å². The summed E-state index contributed by atoms with van der Waals surface area (Å²) < 4.78 is 0. The van der Waals surface area contributed by atoms with E-state index in [1.165, 1.54) is 0 Å². The van der Waals surface area contributed by atoms with Crippen molar-refractivity contribution in [1.82, 2.24) is 9.97 Å². The number of aryl methyl sites for hydroxylation is 1. The summed E-state index contributed by atoms with van der Waals surface area (Å²) in [6, 6.07) is 0.451. The van der Waals surface area contributed by atoms with E-state index in [9.17, 15) is 0 Å². The molecule has 0 fully saturated rings. The smallest absolute Gasteiger partial charge is 0.135 e. The Kier molecular flexibility index (Phi) is 6.76. The van der Waals surface area contributed by atoms with Gasteiger partial charge in [0.2, 0.25) is 0 Å². The predicted molar refractivity (Wildman–Crippen MR) is 87.5 cm³/mol. The molecule has 0 aliphatic heterocycles. The van der Waals surface area contributed by atoms with Crippen molar-refractivity contribution in [2.45, 2.75) is 66.8 Å². The van der Waals surface area contributed by atoms with Crippen LogP contribution in [0.5, 0.6) is 0 Å². The van der Waals surface area contributed by atoms with E-state index in [1.54, 1.807) is 0 Å². The van der Waals surface area contributed by atoms with Gasteiger partial charge in [0.25, 0.3) is 0 Å². The molecule has 1 unspecified atom stereocenters. The molecule has 1 aromatic heterocycles. The molecular weight excluding hydrogens is 248 g/mol. The zero-order valence-corrected chi connectivity index (χ0v) is 13.9. The fourth-order valence-corrected chi connectivity index (χ4v) is 2.19. The average Bonchev–Trinajstić information content (AvgIpc) is 2.44. The number of hydrogen-bond acceptors (Lipinski definition) is 4. The maximum atomic E-state index is 4.67. The molecule has 1 aromatic rings. The maximum Gasteiger partial charge on any atom is 0.135 e. The molecule has 20 heavy (non-hydrogen) atoms. The molecule has 4 heteroatoms. The zero-order chi connectivity index (χ0) is 15.1. The molecule has 1 rings (SSSR count). The Morgan fingerprint density at radius 1 is 1.05 bits per heavy atom. The van der Waals surface area contributed by atoms with Crippen LogP contribution >= 0.6 is 0 Å². The third-order valence-corrected chi connectivity index (χ3v) is 3.62. The van der Waals surface area contributed by atoms with Gasteiger partial charge in [-0.15, -0.1) is 0 Å². The van der Waals surface area contributed by atoms with Crippen LogP contribution in [0.25, 0.3) is 0 Å². The van der Waals surface area contributed by atoms with Crippen molar-refractivity contribution < 1.29 is 0 Å². The molecule has 114 valence electrons. The van der Waals surface area contributed by atoms with Crippen LogP contribution in [0.1, 0.15) is 58.8 Å². The highest BCUT2D eigenvalue weighted by molar-refractivity contribution is 5.57. The minimum Gasteiger partial charge on any atom is -0.370 e. The van der Waals surface area contributed by atoms with Gasteiger partial charge in [-0.2, -0.15) is 0 Å². The number of hydrogen-bond donors (Lipinski definition) is 2. The SMILES string of the molecule is CCCNc1nc(CC)nc(NC(CC)C(C)C)c1C. The molecule has 0 saturated carbocycles. The van der Waals surface area contributed by atoms with Gasteiger partial charge in [-0.05, 0) is 25.7 Å². The highest BCUT2D eigenvalue weighted by Crippen LogP contribution is 2.23. The van der Waals surface area contributed by atoms with Crippen molar-refractivity contribution in [3.05, 3.63) is 11.4 Å². The molecule has 2 N–H and O–H groups in total. The summed E-state index contributed by atoms with van der Waals surface area (Å²) in [5.41, 5.74) is 1.12. The second kappa shape index (κ2) is 8.08. The molecule has 0 amide bonds. The zero-order valence-electron chi connectivity index (χ0n) is 13.9. The first-order valence-corrected chi connectivity index (χ1v) is 7.91. The Labute approximate surface area is 123 Å². The lowest BCUT2D eigenvalue weighted by atomic mass is 10.0. The fraction of sp³-hybridized carbons (Fsp3) is 0.750. The van der Waals surface area contributed by atoms with Crippen LogP contribution in [0.15, 0.2) is 0 Å².